The van der Waals surface area contributed by atoms with Crippen molar-refractivity contribution >= 4 is 17.6 Å². The van der Waals surface area contributed by atoms with Gasteiger partial charge in [0.1, 0.15) is 0 Å². The van der Waals surface area contributed by atoms with Crippen LogP contribution in [-0.4, -0.2) is 49.1 Å². The molecule has 0 bridgehead atoms. The number of piperidine rings is 1. The summed E-state index contributed by atoms with van der Waals surface area (Å²) in [5.74, 6) is 0.675. The number of rotatable bonds is 8. The van der Waals surface area contributed by atoms with E-state index in [-0.39, 0.29) is 18.0 Å². The Morgan fingerprint density at radius 1 is 1.15 bits per heavy atom. The summed E-state index contributed by atoms with van der Waals surface area (Å²) in [6.45, 7) is 7.13. The zero-order valence-electron chi connectivity index (χ0n) is 16.0. The number of benzene rings is 1. The van der Waals surface area contributed by atoms with E-state index >= 15 is 0 Å². The number of hydrogen-bond acceptors (Lipinski definition) is 3. The molecule has 2 rings (SSSR count). The van der Waals surface area contributed by atoms with Crippen molar-refractivity contribution in [3.8, 4) is 0 Å². The van der Waals surface area contributed by atoms with Crippen LogP contribution in [-0.2, 0) is 4.79 Å². The van der Waals surface area contributed by atoms with Gasteiger partial charge in [-0.25, -0.2) is 4.79 Å². The van der Waals surface area contributed by atoms with Gasteiger partial charge in [-0.05, 0) is 43.7 Å². The molecule has 1 aromatic carbocycles. The Kier molecular flexibility index (Phi) is 8.41. The first-order chi connectivity index (χ1) is 12.5. The van der Waals surface area contributed by atoms with Crippen molar-refractivity contribution in [1.29, 1.82) is 0 Å². The fraction of sp³-hybridized carbons (Fsp3) is 0.600. The second-order valence-corrected chi connectivity index (χ2v) is 7.40. The van der Waals surface area contributed by atoms with Crippen LogP contribution in [0.3, 0.4) is 0 Å². The Labute approximate surface area is 156 Å². The minimum absolute atomic E-state index is 0.00510. The van der Waals surface area contributed by atoms with Crippen molar-refractivity contribution in [2.45, 2.75) is 45.6 Å². The molecule has 3 amide bonds. The van der Waals surface area contributed by atoms with E-state index in [0.29, 0.717) is 12.5 Å². The third kappa shape index (κ3) is 7.87. The van der Waals surface area contributed by atoms with Crippen LogP contribution >= 0.6 is 0 Å². The molecule has 0 aromatic heterocycles. The number of carbonyl (C=O) groups excluding carboxylic acids is 2. The largest absolute Gasteiger partial charge is 0.338 e. The molecule has 6 nitrogen and oxygen atoms in total. The highest BCUT2D eigenvalue weighted by atomic mass is 16.2. The lowest BCUT2D eigenvalue weighted by Gasteiger charge is -2.31. The summed E-state index contributed by atoms with van der Waals surface area (Å²) in [4.78, 5) is 26.2. The van der Waals surface area contributed by atoms with Gasteiger partial charge in [-0.2, -0.15) is 0 Å². The second-order valence-electron chi connectivity index (χ2n) is 7.40. The lowest BCUT2D eigenvalue weighted by molar-refractivity contribution is -0.117. The molecule has 1 saturated heterocycles. The number of nitrogens with one attached hydrogen (secondary N) is 3. The van der Waals surface area contributed by atoms with Gasteiger partial charge in [-0.3, -0.25) is 9.69 Å². The van der Waals surface area contributed by atoms with E-state index in [0.717, 1.165) is 51.0 Å². The molecule has 0 radical (unpaired) electrons. The standard InChI is InChI=1S/C20H32N4O2/c1-16(2)7-6-12-21-20(26)23-18-10-13-24(14-11-18)15-19(25)22-17-8-4-3-5-9-17/h3-5,8-9,16,18H,6-7,10-15H2,1-2H3,(H,22,25)(H2,21,23,26). The van der Waals surface area contributed by atoms with Crippen molar-refractivity contribution in [1.82, 2.24) is 15.5 Å². The Bertz CT molecular complexity index is 554. The molecular formula is C20H32N4O2. The van der Waals surface area contributed by atoms with E-state index < -0.39 is 0 Å². The van der Waals surface area contributed by atoms with Crippen LogP contribution in [0, 0.1) is 5.92 Å². The van der Waals surface area contributed by atoms with Crippen LogP contribution in [0.5, 0.6) is 0 Å². The van der Waals surface area contributed by atoms with Crippen LogP contribution in [0.4, 0.5) is 10.5 Å². The molecule has 0 saturated carbocycles. The fourth-order valence-corrected chi connectivity index (χ4v) is 3.11. The SMILES string of the molecule is CC(C)CCCNC(=O)NC1CCN(CC(=O)Nc2ccccc2)CC1. The van der Waals surface area contributed by atoms with Gasteiger partial charge in [0.25, 0.3) is 0 Å². The molecule has 0 aliphatic carbocycles. The number of para-hydroxylation sites is 1. The first-order valence-electron chi connectivity index (χ1n) is 9.64. The van der Waals surface area contributed by atoms with Crippen LogP contribution in [0.1, 0.15) is 39.5 Å². The number of hydrogen-bond donors (Lipinski definition) is 3. The van der Waals surface area contributed by atoms with Crippen LogP contribution in [0.2, 0.25) is 0 Å². The highest BCUT2D eigenvalue weighted by molar-refractivity contribution is 5.92. The van der Waals surface area contributed by atoms with E-state index in [1.54, 1.807) is 0 Å². The number of carbonyl (C=O) groups is 2. The van der Waals surface area contributed by atoms with Crippen molar-refractivity contribution < 1.29 is 9.59 Å². The van der Waals surface area contributed by atoms with Crippen molar-refractivity contribution in [3.05, 3.63) is 30.3 Å². The number of likely N-dealkylation sites (tertiary alicyclic amines) is 1. The molecule has 0 atom stereocenters. The minimum Gasteiger partial charge on any atom is -0.338 e. The van der Waals surface area contributed by atoms with E-state index in [1.165, 1.54) is 0 Å². The Morgan fingerprint density at radius 3 is 2.50 bits per heavy atom. The van der Waals surface area contributed by atoms with E-state index in [2.05, 4.69) is 34.7 Å². The number of anilines is 1. The number of urea groups is 1. The quantitative estimate of drug-likeness (QED) is 0.624. The molecule has 1 fully saturated rings. The highest BCUT2D eigenvalue weighted by Gasteiger charge is 2.22. The van der Waals surface area contributed by atoms with E-state index in [9.17, 15) is 9.59 Å². The first kappa shape index (κ1) is 20.2. The molecule has 1 aromatic rings. The molecule has 1 aliphatic rings. The van der Waals surface area contributed by atoms with Gasteiger partial charge >= 0.3 is 6.03 Å². The molecule has 0 unspecified atom stereocenters. The van der Waals surface area contributed by atoms with Crippen molar-refractivity contribution in [3.63, 3.8) is 0 Å². The average Bonchev–Trinajstić information content (AvgIpc) is 2.61. The topological polar surface area (TPSA) is 73.5 Å². The third-order valence-electron chi connectivity index (χ3n) is 4.59. The van der Waals surface area contributed by atoms with Crippen molar-refractivity contribution in [2.75, 3.05) is 31.5 Å². The monoisotopic (exact) mass is 360 g/mol. The number of amides is 3. The predicted molar refractivity (Wildman–Crippen MR) is 105 cm³/mol. The van der Waals surface area contributed by atoms with Gasteiger partial charge in [0.05, 0.1) is 6.54 Å². The number of nitrogens with zero attached hydrogens (tertiary/aromatic N) is 1. The fourth-order valence-electron chi connectivity index (χ4n) is 3.11. The summed E-state index contributed by atoms with van der Waals surface area (Å²) in [6.07, 6.45) is 3.89. The summed E-state index contributed by atoms with van der Waals surface area (Å²) in [5, 5.41) is 8.88. The maximum atomic E-state index is 12.1. The molecule has 3 N–H and O–H groups in total. The summed E-state index contributed by atoms with van der Waals surface area (Å²) in [6, 6.07) is 9.61. The molecule has 26 heavy (non-hydrogen) atoms. The molecule has 1 aliphatic heterocycles. The molecular weight excluding hydrogens is 328 g/mol. The van der Waals surface area contributed by atoms with Gasteiger partial charge in [0, 0.05) is 31.4 Å². The van der Waals surface area contributed by atoms with Crippen LogP contribution < -0.4 is 16.0 Å². The molecule has 0 spiro atoms. The lowest BCUT2D eigenvalue weighted by atomic mass is 10.1. The maximum Gasteiger partial charge on any atom is 0.315 e. The third-order valence-corrected chi connectivity index (χ3v) is 4.59. The first-order valence-corrected chi connectivity index (χ1v) is 9.64. The Morgan fingerprint density at radius 2 is 1.85 bits per heavy atom. The zero-order valence-corrected chi connectivity index (χ0v) is 16.0. The summed E-state index contributed by atoms with van der Waals surface area (Å²) in [7, 11) is 0. The van der Waals surface area contributed by atoms with Gasteiger partial charge < -0.3 is 16.0 Å². The lowest BCUT2D eigenvalue weighted by Crippen LogP contribution is -2.49. The predicted octanol–water partition coefficient (Wildman–Crippen LogP) is 2.82. The van der Waals surface area contributed by atoms with Gasteiger partial charge in [0.15, 0.2) is 0 Å². The van der Waals surface area contributed by atoms with E-state index in [1.807, 2.05) is 30.3 Å². The van der Waals surface area contributed by atoms with Crippen molar-refractivity contribution in [2.24, 2.45) is 5.92 Å². The summed E-state index contributed by atoms with van der Waals surface area (Å²) in [5.41, 5.74) is 0.822. The van der Waals surface area contributed by atoms with Gasteiger partial charge in [-0.1, -0.05) is 32.0 Å². The normalized spacial score (nSPS) is 15.7. The van der Waals surface area contributed by atoms with Crippen LogP contribution in [0.15, 0.2) is 30.3 Å². The minimum atomic E-state index is -0.0750. The van der Waals surface area contributed by atoms with E-state index in [4.69, 9.17) is 0 Å². The molecule has 1 heterocycles. The Hall–Kier alpha value is -2.08. The second kappa shape index (κ2) is 10.8. The van der Waals surface area contributed by atoms with Gasteiger partial charge in [-0.15, -0.1) is 0 Å². The average molecular weight is 361 g/mol. The maximum absolute atomic E-state index is 12.1. The zero-order chi connectivity index (χ0) is 18.8. The van der Waals surface area contributed by atoms with Gasteiger partial charge in [0.2, 0.25) is 5.91 Å². The molecule has 6 heteroatoms. The smallest absolute Gasteiger partial charge is 0.315 e. The Balaban J connectivity index is 1.59. The summed E-state index contributed by atoms with van der Waals surface area (Å²) >= 11 is 0. The summed E-state index contributed by atoms with van der Waals surface area (Å²) < 4.78 is 0. The van der Waals surface area contributed by atoms with Crippen LogP contribution in [0.25, 0.3) is 0 Å². The highest BCUT2D eigenvalue weighted by Crippen LogP contribution is 2.11. The molecule has 144 valence electrons.